The van der Waals surface area contributed by atoms with E-state index in [-0.39, 0.29) is 17.3 Å². The van der Waals surface area contributed by atoms with Gasteiger partial charge in [0.2, 0.25) is 0 Å². The minimum Gasteiger partial charge on any atom is -0.371 e. The van der Waals surface area contributed by atoms with Crippen LogP contribution in [0.2, 0.25) is 10.0 Å². The Hall–Kier alpha value is -6.54. The number of alkyl halides is 3. The molecule has 18 heteroatoms. The van der Waals surface area contributed by atoms with E-state index in [0.29, 0.717) is 39.4 Å². The predicted octanol–water partition coefficient (Wildman–Crippen LogP) is 16.6. The molecule has 0 spiro atoms. The summed E-state index contributed by atoms with van der Waals surface area (Å²) in [5, 5.41) is 49.5. The fraction of sp³-hybridized carbons (Fsp3) is 0.500. The molecule has 0 saturated heterocycles. The van der Waals surface area contributed by atoms with Crippen LogP contribution < -0.4 is 19.6 Å². The van der Waals surface area contributed by atoms with Gasteiger partial charge in [-0.2, -0.15) is 29.0 Å². The zero-order valence-electron chi connectivity index (χ0n) is 45.0. The number of hydrogen-bond acceptors (Lipinski definition) is 11. The van der Waals surface area contributed by atoms with Crippen LogP contribution in [0.25, 0.3) is 0 Å². The number of hydrogen-bond donors (Lipinski definition) is 0. The third kappa shape index (κ3) is 19.5. The maximum atomic E-state index is 13.1. The van der Waals surface area contributed by atoms with Crippen LogP contribution >= 0.6 is 23.2 Å². The fourth-order valence-electron chi connectivity index (χ4n) is 9.48. The number of rotatable bonds is 19. The SMILES string of the molecule is C=C(C)CN(CC)c1ccc(C#N)c(Cl)c1.CCCCN(CCCC)c1ccc(C#N)c(Cl)c1.CCN(c1ccc(C#N)c([N+](=O)[O-])c1)C1CCCCC1.CCN(c1ccc([N+](=O)[O-])c(C(F)(F)F)c1)C1CCCCC1. The van der Waals surface area contributed by atoms with Crippen LogP contribution in [-0.2, 0) is 6.18 Å². The van der Waals surface area contributed by atoms with E-state index in [1.165, 1.54) is 57.1 Å². The molecule has 2 fully saturated rings. The Labute approximate surface area is 458 Å². The van der Waals surface area contributed by atoms with Gasteiger partial charge in [0.25, 0.3) is 11.4 Å². The van der Waals surface area contributed by atoms with Crippen molar-refractivity contribution in [1.29, 1.82) is 15.8 Å². The molecule has 2 aliphatic rings. The number of nitro groups is 2. The van der Waals surface area contributed by atoms with Crippen molar-refractivity contribution in [3.05, 3.63) is 137 Å². The van der Waals surface area contributed by atoms with Gasteiger partial charge in [-0.1, -0.05) is 101 Å². The van der Waals surface area contributed by atoms with Crippen LogP contribution in [0.4, 0.5) is 47.3 Å². The predicted molar refractivity (Wildman–Crippen MR) is 303 cm³/mol. The van der Waals surface area contributed by atoms with Crippen molar-refractivity contribution in [3.8, 4) is 18.2 Å². The summed E-state index contributed by atoms with van der Waals surface area (Å²) >= 11 is 12.1. The third-order valence-electron chi connectivity index (χ3n) is 13.4. The fourth-order valence-corrected chi connectivity index (χ4v) is 9.92. The second-order valence-corrected chi connectivity index (χ2v) is 19.7. The van der Waals surface area contributed by atoms with Gasteiger partial charge >= 0.3 is 6.18 Å². The lowest BCUT2D eigenvalue weighted by Gasteiger charge is -2.35. The van der Waals surface area contributed by atoms with Crippen molar-refractivity contribution < 1.29 is 23.0 Å². The average Bonchev–Trinajstić information content (AvgIpc) is 3.41. The maximum absolute atomic E-state index is 13.1. The maximum Gasteiger partial charge on any atom is 0.423 e. The molecular weight excluding hydrogens is 1010 g/mol. The molecule has 0 N–H and O–H groups in total. The molecule has 6 rings (SSSR count). The van der Waals surface area contributed by atoms with Gasteiger partial charge in [-0.3, -0.25) is 20.2 Å². The van der Waals surface area contributed by atoms with E-state index >= 15 is 0 Å². The molecule has 0 unspecified atom stereocenters. The Bertz CT molecular complexity index is 2630. The minimum atomic E-state index is -4.73. The first-order chi connectivity index (χ1) is 36.3. The lowest BCUT2D eigenvalue weighted by Crippen LogP contribution is -2.36. The zero-order chi connectivity index (χ0) is 56.4. The van der Waals surface area contributed by atoms with E-state index < -0.39 is 27.3 Å². The lowest BCUT2D eigenvalue weighted by molar-refractivity contribution is -0.388. The Balaban J connectivity index is 0.000000269. The summed E-state index contributed by atoms with van der Waals surface area (Å²) in [6.07, 6.45) is 11.2. The molecule has 4 aromatic rings. The molecule has 0 aromatic heterocycles. The van der Waals surface area contributed by atoms with E-state index in [1.807, 2.05) is 61.2 Å². The Morgan fingerprint density at radius 2 is 1.01 bits per heavy atom. The smallest absolute Gasteiger partial charge is 0.371 e. The van der Waals surface area contributed by atoms with Crippen molar-refractivity contribution in [3.63, 3.8) is 0 Å². The topological polar surface area (TPSA) is 171 Å². The first-order valence-corrected chi connectivity index (χ1v) is 27.2. The van der Waals surface area contributed by atoms with Gasteiger partial charge < -0.3 is 19.6 Å². The van der Waals surface area contributed by atoms with Gasteiger partial charge in [0.15, 0.2) is 0 Å². The number of nitrogens with zero attached hydrogens (tertiary/aromatic N) is 9. The minimum absolute atomic E-state index is 0.0979. The van der Waals surface area contributed by atoms with Crippen molar-refractivity contribution in [1.82, 2.24) is 0 Å². The third-order valence-corrected chi connectivity index (χ3v) is 14.1. The molecule has 0 radical (unpaired) electrons. The largest absolute Gasteiger partial charge is 0.423 e. The van der Waals surface area contributed by atoms with Gasteiger partial charge in [0, 0.05) is 86.2 Å². The quantitative estimate of drug-likeness (QED) is 0.0497. The molecule has 2 saturated carbocycles. The molecular formula is C58H74Cl2F3N9O4. The van der Waals surface area contributed by atoms with Crippen LogP contribution in [0.1, 0.15) is 154 Å². The van der Waals surface area contributed by atoms with Gasteiger partial charge in [-0.05, 0) is 127 Å². The number of anilines is 4. The van der Waals surface area contributed by atoms with Gasteiger partial charge in [-0.15, -0.1) is 0 Å². The number of likely N-dealkylation sites (N-methyl/N-ethyl adjacent to an activating group) is 1. The second-order valence-electron chi connectivity index (χ2n) is 18.9. The number of unbranched alkanes of at least 4 members (excludes halogenated alkanes) is 2. The van der Waals surface area contributed by atoms with Crippen LogP contribution in [0.3, 0.4) is 0 Å². The van der Waals surface area contributed by atoms with Crippen molar-refractivity contribution in [2.24, 2.45) is 0 Å². The normalized spacial score (nSPS) is 13.3. The number of halogens is 5. The van der Waals surface area contributed by atoms with Crippen LogP contribution in [-0.4, -0.2) is 61.2 Å². The second kappa shape index (κ2) is 32.8. The van der Waals surface area contributed by atoms with E-state index in [9.17, 15) is 33.4 Å². The summed E-state index contributed by atoms with van der Waals surface area (Å²) in [7, 11) is 0. The molecule has 4 aromatic carbocycles. The molecule has 410 valence electrons. The first kappa shape index (κ1) is 63.8. The molecule has 0 bridgehead atoms. The van der Waals surface area contributed by atoms with Crippen LogP contribution in [0.5, 0.6) is 0 Å². The summed E-state index contributed by atoms with van der Waals surface area (Å²) in [6.45, 7) is 21.5. The summed E-state index contributed by atoms with van der Waals surface area (Å²) in [5.41, 5.74) is 3.52. The highest BCUT2D eigenvalue weighted by atomic mass is 35.5. The van der Waals surface area contributed by atoms with E-state index in [2.05, 4.69) is 61.1 Å². The Morgan fingerprint density at radius 1 is 0.605 bits per heavy atom. The summed E-state index contributed by atoms with van der Waals surface area (Å²) in [6, 6.07) is 26.1. The van der Waals surface area contributed by atoms with Crippen molar-refractivity contribution in [2.75, 3.05) is 58.9 Å². The number of nitriles is 3. The highest BCUT2D eigenvalue weighted by Crippen LogP contribution is 2.40. The molecule has 0 atom stereocenters. The first-order valence-electron chi connectivity index (χ1n) is 26.4. The molecule has 0 heterocycles. The van der Waals surface area contributed by atoms with E-state index in [1.54, 1.807) is 12.1 Å². The highest BCUT2D eigenvalue weighted by Gasteiger charge is 2.39. The molecule has 2 aliphatic carbocycles. The van der Waals surface area contributed by atoms with Gasteiger partial charge in [-0.25, -0.2) is 0 Å². The standard InChI is InChI=1S/C15H21ClN2.C15H19F3N2O2.C15H19N3O2.C13H15ClN2/c1-3-5-9-18(10-6-4-2)14-8-7-13(12-17)15(16)11-14;1-2-19(11-6-4-3-5-7-11)12-8-9-14(20(21)22)13(10-12)15(16,17)18;1-2-17(13-6-4-3-5-7-13)14-9-8-12(11-16)15(10-14)18(19)20;1-4-16(9-10(2)3)12-6-5-11(8-15)13(14)7-12/h7-8,11H,3-6,9-10H2,1-2H3;8-11H,2-7H2,1H3;8-10,13H,2-7H2,1H3;5-7H,2,4,9H2,1,3H3. The molecule has 0 amide bonds. The number of benzene rings is 4. The summed E-state index contributed by atoms with van der Waals surface area (Å²) in [5.74, 6) is 0. The zero-order valence-corrected chi connectivity index (χ0v) is 46.5. The van der Waals surface area contributed by atoms with E-state index in [0.717, 1.165) is 112 Å². The summed E-state index contributed by atoms with van der Waals surface area (Å²) < 4.78 is 39.2. The molecule has 13 nitrogen and oxygen atoms in total. The van der Waals surface area contributed by atoms with Crippen molar-refractivity contribution in [2.45, 2.75) is 150 Å². The number of nitro benzene ring substituents is 2. The van der Waals surface area contributed by atoms with E-state index in [4.69, 9.17) is 39.0 Å². The van der Waals surface area contributed by atoms with Gasteiger partial charge in [0.1, 0.15) is 29.3 Å². The Kier molecular flexibility index (Phi) is 27.5. The Morgan fingerprint density at radius 3 is 1.38 bits per heavy atom. The van der Waals surface area contributed by atoms with Crippen molar-refractivity contribution >= 4 is 57.3 Å². The lowest BCUT2D eigenvalue weighted by atomic mass is 9.93. The average molecular weight is 1090 g/mol. The monoisotopic (exact) mass is 1090 g/mol. The van der Waals surface area contributed by atoms with Crippen LogP contribution in [0, 0.1) is 54.2 Å². The van der Waals surface area contributed by atoms with Gasteiger partial charge in [0.05, 0.1) is 31.0 Å². The van der Waals surface area contributed by atoms with Crippen LogP contribution in [0.15, 0.2) is 84.9 Å². The molecule has 76 heavy (non-hydrogen) atoms. The summed E-state index contributed by atoms with van der Waals surface area (Å²) in [4.78, 5) is 29.1. The molecule has 0 aliphatic heterocycles. The highest BCUT2D eigenvalue weighted by molar-refractivity contribution is 6.32.